The maximum absolute atomic E-state index is 12.3. The lowest BCUT2D eigenvalue weighted by Crippen LogP contribution is -2.15. The van der Waals surface area contributed by atoms with Gasteiger partial charge in [0.1, 0.15) is 10.8 Å². The van der Waals surface area contributed by atoms with Crippen LogP contribution in [0, 0.1) is 0 Å². The van der Waals surface area contributed by atoms with Crippen molar-refractivity contribution in [1.82, 2.24) is 9.97 Å². The lowest BCUT2D eigenvalue weighted by Gasteiger charge is -2.09. The third-order valence-electron chi connectivity index (χ3n) is 4.30. The Morgan fingerprint density at radius 1 is 1.03 bits per heavy atom. The van der Waals surface area contributed by atoms with Crippen molar-refractivity contribution in [3.05, 3.63) is 83.5 Å². The van der Waals surface area contributed by atoms with Gasteiger partial charge in [-0.05, 0) is 36.4 Å². The predicted octanol–water partition coefficient (Wildman–Crippen LogP) is 5.93. The molecule has 150 valence electrons. The van der Waals surface area contributed by atoms with Gasteiger partial charge in [-0.1, -0.05) is 35.9 Å². The summed E-state index contributed by atoms with van der Waals surface area (Å²) < 4.78 is 5.58. The highest BCUT2D eigenvalue weighted by molar-refractivity contribution is 7.13. The van der Waals surface area contributed by atoms with Crippen LogP contribution in [-0.2, 0) is 4.79 Å². The number of pyridine rings is 1. The van der Waals surface area contributed by atoms with Crippen LogP contribution in [0.2, 0.25) is 5.02 Å². The van der Waals surface area contributed by atoms with Gasteiger partial charge in [0.05, 0.1) is 23.7 Å². The van der Waals surface area contributed by atoms with Gasteiger partial charge < -0.3 is 10.1 Å². The van der Waals surface area contributed by atoms with E-state index in [1.165, 1.54) is 0 Å². The molecule has 2 aromatic carbocycles. The second-order valence-electron chi connectivity index (χ2n) is 6.43. The molecule has 4 aromatic rings. The SMILES string of the molecule is O=C(CCOc1ccccc1Cl)Nc1cccc(-c2csc(-c3ccncc3)n2)c1. The summed E-state index contributed by atoms with van der Waals surface area (Å²) >= 11 is 7.63. The van der Waals surface area contributed by atoms with Gasteiger partial charge in [0, 0.05) is 34.6 Å². The van der Waals surface area contributed by atoms with Crippen LogP contribution < -0.4 is 10.1 Å². The number of halogens is 1. The third kappa shape index (κ3) is 5.03. The number of benzene rings is 2. The van der Waals surface area contributed by atoms with Crippen LogP contribution in [0.5, 0.6) is 5.75 Å². The van der Waals surface area contributed by atoms with Gasteiger partial charge in [-0.15, -0.1) is 11.3 Å². The molecule has 0 radical (unpaired) electrons. The number of carbonyl (C=O) groups excluding carboxylic acids is 1. The number of para-hydroxylation sites is 1. The Hall–Kier alpha value is -3.22. The quantitative estimate of drug-likeness (QED) is 0.390. The molecule has 0 bridgehead atoms. The molecule has 2 heterocycles. The average Bonchev–Trinajstić information content (AvgIpc) is 3.26. The Kier molecular flexibility index (Phi) is 6.37. The minimum atomic E-state index is -0.130. The van der Waals surface area contributed by atoms with E-state index in [0.717, 1.165) is 21.8 Å². The smallest absolute Gasteiger partial charge is 0.227 e. The fourth-order valence-corrected chi connectivity index (χ4v) is 3.85. The van der Waals surface area contributed by atoms with Crippen LogP contribution in [-0.4, -0.2) is 22.5 Å². The molecule has 4 rings (SSSR count). The second-order valence-corrected chi connectivity index (χ2v) is 7.70. The first-order valence-electron chi connectivity index (χ1n) is 9.32. The topological polar surface area (TPSA) is 64.1 Å². The molecule has 30 heavy (non-hydrogen) atoms. The van der Waals surface area contributed by atoms with Crippen LogP contribution in [0.15, 0.2) is 78.4 Å². The molecular weight excluding hydrogens is 418 g/mol. The molecule has 1 N–H and O–H groups in total. The molecule has 2 aromatic heterocycles. The summed E-state index contributed by atoms with van der Waals surface area (Å²) in [4.78, 5) is 21.0. The lowest BCUT2D eigenvalue weighted by atomic mass is 10.1. The molecule has 7 heteroatoms. The summed E-state index contributed by atoms with van der Waals surface area (Å²) in [5.41, 5.74) is 3.56. The van der Waals surface area contributed by atoms with Crippen molar-refractivity contribution in [3.8, 4) is 27.6 Å². The van der Waals surface area contributed by atoms with E-state index in [-0.39, 0.29) is 18.9 Å². The van der Waals surface area contributed by atoms with Crippen LogP contribution in [0.25, 0.3) is 21.8 Å². The van der Waals surface area contributed by atoms with Crippen molar-refractivity contribution < 1.29 is 9.53 Å². The molecule has 0 aliphatic rings. The molecule has 0 unspecified atom stereocenters. The summed E-state index contributed by atoms with van der Waals surface area (Å²) in [6.45, 7) is 0.247. The highest BCUT2D eigenvalue weighted by atomic mass is 35.5. The van der Waals surface area contributed by atoms with E-state index in [2.05, 4.69) is 10.3 Å². The fourth-order valence-electron chi connectivity index (χ4n) is 2.83. The largest absolute Gasteiger partial charge is 0.491 e. The lowest BCUT2D eigenvalue weighted by molar-refractivity contribution is -0.116. The van der Waals surface area contributed by atoms with Gasteiger partial charge in [0.2, 0.25) is 5.91 Å². The van der Waals surface area contributed by atoms with Crippen LogP contribution >= 0.6 is 22.9 Å². The number of ether oxygens (including phenoxy) is 1. The van der Waals surface area contributed by atoms with Crippen molar-refractivity contribution in [2.45, 2.75) is 6.42 Å². The van der Waals surface area contributed by atoms with Gasteiger partial charge >= 0.3 is 0 Å². The Balaban J connectivity index is 1.37. The van der Waals surface area contributed by atoms with Crippen LogP contribution in [0.3, 0.4) is 0 Å². The molecule has 0 saturated carbocycles. The maximum Gasteiger partial charge on any atom is 0.227 e. The van der Waals surface area contributed by atoms with Gasteiger partial charge in [0.15, 0.2) is 0 Å². The standard InChI is InChI=1S/C23H18ClN3O2S/c24-19-6-1-2-7-21(19)29-13-10-22(28)26-18-5-3-4-17(14-18)20-15-30-23(27-20)16-8-11-25-12-9-16/h1-9,11-12,14-15H,10,13H2,(H,26,28). The number of rotatable bonds is 7. The molecule has 0 atom stereocenters. The average molecular weight is 436 g/mol. The monoisotopic (exact) mass is 435 g/mol. The van der Waals surface area contributed by atoms with Gasteiger partial charge in [-0.25, -0.2) is 4.98 Å². The van der Waals surface area contributed by atoms with Gasteiger partial charge in [-0.3, -0.25) is 9.78 Å². The molecule has 0 spiro atoms. The predicted molar refractivity (Wildman–Crippen MR) is 121 cm³/mol. The highest BCUT2D eigenvalue weighted by Gasteiger charge is 2.09. The van der Waals surface area contributed by atoms with E-state index in [1.54, 1.807) is 35.9 Å². The molecule has 5 nitrogen and oxygen atoms in total. The molecular formula is C23H18ClN3O2S. The van der Waals surface area contributed by atoms with Gasteiger partial charge in [-0.2, -0.15) is 0 Å². The zero-order valence-electron chi connectivity index (χ0n) is 15.9. The highest BCUT2D eigenvalue weighted by Crippen LogP contribution is 2.29. The van der Waals surface area contributed by atoms with Crippen molar-refractivity contribution in [2.24, 2.45) is 0 Å². The fraction of sp³-hybridized carbons (Fsp3) is 0.0870. The first-order chi connectivity index (χ1) is 14.7. The number of hydrogen-bond donors (Lipinski definition) is 1. The number of nitrogens with zero attached hydrogens (tertiary/aromatic N) is 2. The Morgan fingerprint density at radius 2 is 1.87 bits per heavy atom. The first-order valence-corrected chi connectivity index (χ1v) is 10.6. The molecule has 0 saturated heterocycles. The summed E-state index contributed by atoms with van der Waals surface area (Å²) in [7, 11) is 0. The molecule has 0 aliphatic carbocycles. The summed E-state index contributed by atoms with van der Waals surface area (Å²) in [5, 5.41) is 6.37. The maximum atomic E-state index is 12.3. The summed E-state index contributed by atoms with van der Waals surface area (Å²) in [6, 6.07) is 18.7. The van der Waals surface area contributed by atoms with Crippen LogP contribution in [0.1, 0.15) is 6.42 Å². The summed E-state index contributed by atoms with van der Waals surface area (Å²) in [5.74, 6) is 0.442. The Morgan fingerprint density at radius 3 is 2.70 bits per heavy atom. The Bertz CT molecular complexity index is 1150. The van der Waals surface area contributed by atoms with E-state index >= 15 is 0 Å². The molecule has 0 aliphatic heterocycles. The second kappa shape index (κ2) is 9.52. The molecule has 0 fully saturated rings. The van der Waals surface area contributed by atoms with E-state index in [1.807, 2.05) is 53.9 Å². The summed E-state index contributed by atoms with van der Waals surface area (Å²) in [6.07, 6.45) is 3.72. The number of anilines is 1. The third-order valence-corrected chi connectivity index (χ3v) is 5.50. The van der Waals surface area contributed by atoms with E-state index in [4.69, 9.17) is 21.3 Å². The number of hydrogen-bond acceptors (Lipinski definition) is 5. The van der Waals surface area contributed by atoms with E-state index in [0.29, 0.717) is 16.5 Å². The zero-order valence-corrected chi connectivity index (χ0v) is 17.5. The number of amides is 1. The van der Waals surface area contributed by atoms with Crippen molar-refractivity contribution in [1.29, 1.82) is 0 Å². The zero-order chi connectivity index (χ0) is 20.8. The normalized spacial score (nSPS) is 10.6. The minimum Gasteiger partial charge on any atom is -0.491 e. The van der Waals surface area contributed by atoms with Gasteiger partial charge in [0.25, 0.3) is 0 Å². The number of nitrogens with one attached hydrogen (secondary N) is 1. The number of aromatic nitrogens is 2. The van der Waals surface area contributed by atoms with E-state index < -0.39 is 0 Å². The number of thiazole rings is 1. The first kappa shape index (κ1) is 20.1. The van der Waals surface area contributed by atoms with Crippen molar-refractivity contribution >= 4 is 34.5 Å². The Labute approximate surface area is 183 Å². The number of carbonyl (C=O) groups is 1. The van der Waals surface area contributed by atoms with Crippen LogP contribution in [0.4, 0.5) is 5.69 Å². The minimum absolute atomic E-state index is 0.130. The molecule has 1 amide bonds. The van der Waals surface area contributed by atoms with Crippen molar-refractivity contribution in [3.63, 3.8) is 0 Å². The van der Waals surface area contributed by atoms with Crippen molar-refractivity contribution in [2.75, 3.05) is 11.9 Å². The van der Waals surface area contributed by atoms with E-state index in [9.17, 15) is 4.79 Å².